The Labute approximate surface area is 206 Å². The molecule has 190 valence electrons. The second-order valence-corrected chi connectivity index (χ2v) is 13.8. The van der Waals surface area contributed by atoms with Crippen molar-refractivity contribution in [1.82, 2.24) is 0 Å². The molecule has 34 heavy (non-hydrogen) atoms. The molecule has 4 aliphatic carbocycles. The molecule has 4 aliphatic rings. The van der Waals surface area contributed by atoms with Crippen LogP contribution in [-0.4, -0.2) is 34.0 Å². The minimum absolute atomic E-state index is 0.0334. The van der Waals surface area contributed by atoms with Crippen molar-refractivity contribution in [2.45, 2.75) is 106 Å². The molecule has 0 aliphatic heterocycles. The summed E-state index contributed by atoms with van der Waals surface area (Å²) in [6, 6.07) is 0. The molecule has 0 unspecified atom stereocenters. The number of ketones is 2. The highest BCUT2D eigenvalue weighted by atomic mass is 16.3. The second-order valence-electron chi connectivity index (χ2n) is 13.8. The van der Waals surface area contributed by atoms with Gasteiger partial charge in [0.1, 0.15) is 6.10 Å². The van der Waals surface area contributed by atoms with Crippen LogP contribution in [0.2, 0.25) is 0 Å². The standard InChI is InChI=1S/C30H46O4/c1-17(2)13-19(31)14-18(3)20-9-11-29(7)21(20)15-22(32)25-28(6)16-23(33)26(34)27(4,5)24(28)10-12-30(25,29)8/h13-14,20-22,24-26,32,34H,9-12,15-16H2,1-8H3/b18-14-/t20-,21-,22-,24+,25-,26+,28+,29-,30-/m1/s1. The first-order valence-corrected chi connectivity index (χ1v) is 13.4. The highest BCUT2D eigenvalue weighted by Gasteiger charge is 2.71. The molecule has 4 saturated carbocycles. The molecule has 0 radical (unpaired) electrons. The summed E-state index contributed by atoms with van der Waals surface area (Å²) in [6.45, 7) is 17.1. The summed E-state index contributed by atoms with van der Waals surface area (Å²) in [7, 11) is 0. The number of hydrogen-bond donors (Lipinski definition) is 2. The molecule has 0 amide bonds. The van der Waals surface area contributed by atoms with E-state index in [1.807, 2.05) is 33.8 Å². The molecular weight excluding hydrogens is 424 g/mol. The summed E-state index contributed by atoms with van der Waals surface area (Å²) in [5, 5.41) is 22.5. The number of rotatable bonds is 3. The zero-order valence-electron chi connectivity index (χ0n) is 22.6. The monoisotopic (exact) mass is 470 g/mol. The molecular formula is C30H46O4. The van der Waals surface area contributed by atoms with Crippen molar-refractivity contribution in [1.29, 1.82) is 0 Å². The molecule has 4 nitrogen and oxygen atoms in total. The zero-order valence-corrected chi connectivity index (χ0v) is 22.6. The van der Waals surface area contributed by atoms with Gasteiger partial charge in [-0.1, -0.05) is 45.8 Å². The predicted molar refractivity (Wildman–Crippen MR) is 135 cm³/mol. The first-order chi connectivity index (χ1) is 15.6. The SMILES string of the molecule is CC(C)=CC(=O)/C=C(/C)[C@H]1CC[C@]2(C)[C@@H]1C[C@@H](O)[C@@H]1[C@@]3(C)CC(=O)[C@H](O)C(C)(C)[C@@H]3CC[C@]12C. The number of aliphatic hydroxyl groups is 2. The maximum absolute atomic E-state index is 13.0. The lowest BCUT2D eigenvalue weighted by Gasteiger charge is -2.70. The van der Waals surface area contributed by atoms with Gasteiger partial charge in [0.15, 0.2) is 11.6 Å². The molecule has 0 saturated heterocycles. The van der Waals surface area contributed by atoms with Gasteiger partial charge in [-0.2, -0.15) is 0 Å². The lowest BCUT2D eigenvalue weighted by Crippen LogP contribution is -2.68. The molecule has 0 aromatic carbocycles. The van der Waals surface area contributed by atoms with Gasteiger partial charge in [0.05, 0.1) is 6.10 Å². The van der Waals surface area contributed by atoms with Crippen LogP contribution in [0, 0.1) is 45.3 Å². The number of allylic oxidation sites excluding steroid dienone is 4. The fourth-order valence-corrected chi connectivity index (χ4v) is 9.93. The first-order valence-electron chi connectivity index (χ1n) is 13.4. The Morgan fingerprint density at radius 1 is 0.941 bits per heavy atom. The van der Waals surface area contributed by atoms with Gasteiger partial charge in [0, 0.05) is 11.8 Å². The molecule has 0 heterocycles. The third-order valence-electron chi connectivity index (χ3n) is 11.5. The average molecular weight is 471 g/mol. The van der Waals surface area contributed by atoms with Gasteiger partial charge in [-0.05, 0) is 105 Å². The Morgan fingerprint density at radius 3 is 2.18 bits per heavy atom. The van der Waals surface area contributed by atoms with Gasteiger partial charge in [0.2, 0.25) is 0 Å². The Bertz CT molecular complexity index is 939. The van der Waals surface area contributed by atoms with Crippen LogP contribution in [0.1, 0.15) is 93.9 Å². The van der Waals surface area contributed by atoms with E-state index >= 15 is 0 Å². The number of carbonyl (C=O) groups excluding carboxylic acids is 2. The average Bonchev–Trinajstić information content (AvgIpc) is 3.03. The van der Waals surface area contributed by atoms with E-state index < -0.39 is 17.6 Å². The number of aliphatic hydroxyl groups excluding tert-OH is 2. The quantitative estimate of drug-likeness (QED) is 0.522. The first kappa shape index (κ1) is 25.8. The third kappa shape index (κ3) is 3.45. The van der Waals surface area contributed by atoms with Crippen LogP contribution in [-0.2, 0) is 9.59 Å². The normalized spacial score (nSPS) is 47.9. The van der Waals surface area contributed by atoms with Crippen molar-refractivity contribution in [3.8, 4) is 0 Å². The Morgan fingerprint density at radius 2 is 1.56 bits per heavy atom. The smallest absolute Gasteiger partial charge is 0.178 e. The van der Waals surface area contributed by atoms with Crippen LogP contribution in [0.5, 0.6) is 0 Å². The van der Waals surface area contributed by atoms with Gasteiger partial charge in [-0.15, -0.1) is 0 Å². The largest absolute Gasteiger partial charge is 0.393 e. The van der Waals surface area contributed by atoms with E-state index in [9.17, 15) is 19.8 Å². The van der Waals surface area contributed by atoms with Crippen molar-refractivity contribution >= 4 is 11.6 Å². The maximum atomic E-state index is 13.0. The van der Waals surface area contributed by atoms with Crippen molar-refractivity contribution in [3.05, 3.63) is 23.3 Å². The van der Waals surface area contributed by atoms with Crippen molar-refractivity contribution < 1.29 is 19.8 Å². The van der Waals surface area contributed by atoms with Crippen molar-refractivity contribution in [3.63, 3.8) is 0 Å². The third-order valence-corrected chi connectivity index (χ3v) is 11.5. The summed E-state index contributed by atoms with van der Waals surface area (Å²) >= 11 is 0. The van der Waals surface area contributed by atoms with Crippen molar-refractivity contribution in [2.75, 3.05) is 0 Å². The molecule has 4 rings (SSSR count). The number of Topliss-reactive ketones (excluding diaryl/α,β-unsaturated/α-hetero) is 1. The highest BCUT2D eigenvalue weighted by Crippen LogP contribution is 2.75. The number of fused-ring (bicyclic) bond motifs is 5. The van der Waals surface area contributed by atoms with Gasteiger partial charge >= 0.3 is 0 Å². The van der Waals surface area contributed by atoms with Crippen LogP contribution in [0.3, 0.4) is 0 Å². The number of hydrogen-bond acceptors (Lipinski definition) is 4. The van der Waals surface area contributed by atoms with E-state index in [1.165, 1.54) is 0 Å². The van der Waals surface area contributed by atoms with Crippen LogP contribution in [0.4, 0.5) is 0 Å². The highest BCUT2D eigenvalue weighted by molar-refractivity contribution is 6.00. The lowest BCUT2D eigenvalue weighted by atomic mass is 9.35. The molecule has 9 atom stereocenters. The molecule has 4 fully saturated rings. The lowest BCUT2D eigenvalue weighted by molar-refractivity contribution is -0.246. The van der Waals surface area contributed by atoms with E-state index in [2.05, 4.69) is 27.7 Å². The van der Waals surface area contributed by atoms with Crippen molar-refractivity contribution in [2.24, 2.45) is 45.3 Å². The van der Waals surface area contributed by atoms with Crippen LogP contribution in [0.25, 0.3) is 0 Å². The number of carbonyl (C=O) groups is 2. The van der Waals surface area contributed by atoms with E-state index in [0.29, 0.717) is 18.3 Å². The van der Waals surface area contributed by atoms with Gasteiger partial charge in [0.25, 0.3) is 0 Å². The van der Waals surface area contributed by atoms with Gasteiger partial charge in [-0.3, -0.25) is 9.59 Å². The minimum Gasteiger partial charge on any atom is -0.393 e. The predicted octanol–water partition coefficient (Wildman–Crippen LogP) is 5.66. The van der Waals surface area contributed by atoms with Gasteiger partial charge in [-0.25, -0.2) is 0 Å². The summed E-state index contributed by atoms with van der Waals surface area (Å²) in [4.78, 5) is 25.5. The maximum Gasteiger partial charge on any atom is 0.178 e. The fourth-order valence-electron chi connectivity index (χ4n) is 9.93. The molecule has 0 spiro atoms. The summed E-state index contributed by atoms with van der Waals surface area (Å²) in [6.07, 6.45) is 7.33. The molecule has 2 N–H and O–H groups in total. The fraction of sp³-hybridized carbons (Fsp3) is 0.800. The van der Waals surface area contributed by atoms with E-state index in [1.54, 1.807) is 6.08 Å². The summed E-state index contributed by atoms with van der Waals surface area (Å²) < 4.78 is 0. The Balaban J connectivity index is 1.72. The molecule has 4 heteroatoms. The molecule has 0 aromatic rings. The Hall–Kier alpha value is -1.26. The molecule has 0 aromatic heterocycles. The topological polar surface area (TPSA) is 74.6 Å². The van der Waals surface area contributed by atoms with E-state index in [4.69, 9.17) is 0 Å². The molecule has 0 bridgehead atoms. The van der Waals surface area contributed by atoms with E-state index in [0.717, 1.165) is 43.3 Å². The summed E-state index contributed by atoms with van der Waals surface area (Å²) in [5.41, 5.74) is 1.32. The minimum atomic E-state index is -0.916. The van der Waals surface area contributed by atoms with Crippen LogP contribution < -0.4 is 0 Å². The zero-order chi connectivity index (χ0) is 25.4. The Kier molecular flexibility index (Phi) is 6.17. The second kappa shape index (κ2) is 8.13. The van der Waals surface area contributed by atoms with Crippen LogP contribution in [0.15, 0.2) is 23.3 Å². The van der Waals surface area contributed by atoms with E-state index in [-0.39, 0.29) is 39.6 Å². The summed E-state index contributed by atoms with van der Waals surface area (Å²) in [5.74, 6) is 0.878. The van der Waals surface area contributed by atoms with Crippen LogP contribution >= 0.6 is 0 Å². The van der Waals surface area contributed by atoms with Gasteiger partial charge < -0.3 is 10.2 Å².